The Hall–Kier alpha value is -0.830. The zero-order valence-corrected chi connectivity index (χ0v) is 8.86. The number of nitrogen functional groups attached to an aromatic ring is 1. The fourth-order valence-corrected chi connectivity index (χ4v) is 3.27. The maximum atomic E-state index is 5.94. The van der Waals surface area contributed by atoms with Gasteiger partial charge in [-0.2, -0.15) is 0 Å². The molecule has 1 aliphatic heterocycles. The molecule has 74 valence electrons. The highest BCUT2D eigenvalue weighted by Crippen LogP contribution is 2.52. The van der Waals surface area contributed by atoms with E-state index in [4.69, 9.17) is 5.73 Å². The number of fused-ring (bicyclic) bond motifs is 1. The topological polar surface area (TPSA) is 38.0 Å². The van der Waals surface area contributed by atoms with Crippen molar-refractivity contribution >= 4 is 23.1 Å². The molecule has 1 heterocycles. The Kier molecular flexibility index (Phi) is 1.71. The first kappa shape index (κ1) is 8.48. The van der Waals surface area contributed by atoms with Gasteiger partial charge in [-0.1, -0.05) is 6.07 Å². The van der Waals surface area contributed by atoms with E-state index in [1.54, 1.807) is 0 Å². The number of thioether (sulfide) groups is 1. The largest absolute Gasteiger partial charge is 0.397 e. The first-order valence-corrected chi connectivity index (χ1v) is 6.03. The summed E-state index contributed by atoms with van der Waals surface area (Å²) in [6.07, 6.45) is 2.75. The third-order valence-electron chi connectivity index (χ3n) is 3.19. The quantitative estimate of drug-likeness (QED) is 0.641. The summed E-state index contributed by atoms with van der Waals surface area (Å²) in [5.41, 5.74) is 8.56. The Morgan fingerprint density at radius 3 is 3.00 bits per heavy atom. The molecular formula is C11H14N2S. The molecule has 1 aliphatic carbocycles. The van der Waals surface area contributed by atoms with Gasteiger partial charge in [0.05, 0.1) is 11.4 Å². The van der Waals surface area contributed by atoms with Crippen molar-refractivity contribution in [3.63, 3.8) is 0 Å². The van der Waals surface area contributed by atoms with E-state index in [1.807, 2.05) is 23.9 Å². The fraction of sp³-hybridized carbons (Fsp3) is 0.455. The highest BCUT2D eigenvalue weighted by Gasteiger charge is 2.43. The second kappa shape index (κ2) is 2.83. The van der Waals surface area contributed by atoms with Gasteiger partial charge in [0.25, 0.3) is 0 Å². The minimum Gasteiger partial charge on any atom is -0.397 e. The zero-order valence-electron chi connectivity index (χ0n) is 8.05. The van der Waals surface area contributed by atoms with Crippen LogP contribution in [-0.4, -0.2) is 12.3 Å². The van der Waals surface area contributed by atoms with E-state index in [0.29, 0.717) is 5.41 Å². The van der Waals surface area contributed by atoms with Crippen LogP contribution in [0.15, 0.2) is 23.1 Å². The molecule has 0 atom stereocenters. The van der Waals surface area contributed by atoms with Crippen molar-refractivity contribution in [1.29, 1.82) is 0 Å². The predicted molar refractivity (Wildman–Crippen MR) is 61.7 cm³/mol. The lowest BCUT2D eigenvalue weighted by atomic mass is 10.1. The Bertz CT molecular complexity index is 372. The molecule has 2 nitrogen and oxygen atoms in total. The van der Waals surface area contributed by atoms with Crippen LogP contribution in [0.2, 0.25) is 0 Å². The zero-order chi connectivity index (χ0) is 9.60. The molecule has 0 saturated heterocycles. The van der Waals surface area contributed by atoms with E-state index in [9.17, 15) is 0 Å². The van der Waals surface area contributed by atoms with Gasteiger partial charge in [-0.3, -0.25) is 0 Å². The number of rotatable bonds is 0. The average Bonchev–Trinajstić information content (AvgIpc) is 2.96. The molecule has 3 rings (SSSR count). The maximum absolute atomic E-state index is 5.94. The maximum Gasteiger partial charge on any atom is 0.0712 e. The number of hydrogen-bond donors (Lipinski definition) is 2. The SMILES string of the molecule is Nc1cccc2c1NCC1(CC1)CS2. The second-order valence-electron chi connectivity index (χ2n) is 4.36. The summed E-state index contributed by atoms with van der Waals surface area (Å²) >= 11 is 1.95. The third kappa shape index (κ3) is 1.27. The van der Waals surface area contributed by atoms with E-state index in [0.717, 1.165) is 17.9 Å². The highest BCUT2D eigenvalue weighted by molar-refractivity contribution is 7.99. The van der Waals surface area contributed by atoms with Gasteiger partial charge in [-0.15, -0.1) is 11.8 Å². The molecule has 1 saturated carbocycles. The molecule has 0 unspecified atom stereocenters. The minimum atomic E-state index is 0.579. The Morgan fingerprint density at radius 2 is 2.21 bits per heavy atom. The summed E-state index contributed by atoms with van der Waals surface area (Å²) in [4.78, 5) is 1.31. The van der Waals surface area contributed by atoms with Crippen molar-refractivity contribution < 1.29 is 0 Å². The van der Waals surface area contributed by atoms with Gasteiger partial charge >= 0.3 is 0 Å². The van der Waals surface area contributed by atoms with Gasteiger partial charge in [0, 0.05) is 17.2 Å². The van der Waals surface area contributed by atoms with E-state index in [2.05, 4.69) is 11.4 Å². The number of hydrogen-bond acceptors (Lipinski definition) is 3. The van der Waals surface area contributed by atoms with Crippen LogP contribution < -0.4 is 11.1 Å². The summed E-state index contributed by atoms with van der Waals surface area (Å²) in [6, 6.07) is 6.16. The number of nitrogens with one attached hydrogen (secondary N) is 1. The van der Waals surface area contributed by atoms with Crippen molar-refractivity contribution in [3.05, 3.63) is 18.2 Å². The Morgan fingerprint density at radius 1 is 1.36 bits per heavy atom. The molecule has 2 aliphatic rings. The monoisotopic (exact) mass is 206 g/mol. The normalized spacial score (nSPS) is 22.3. The average molecular weight is 206 g/mol. The molecule has 3 N–H and O–H groups in total. The lowest BCUT2D eigenvalue weighted by molar-refractivity contribution is 0.626. The Balaban J connectivity index is 1.96. The van der Waals surface area contributed by atoms with Gasteiger partial charge < -0.3 is 11.1 Å². The van der Waals surface area contributed by atoms with E-state index >= 15 is 0 Å². The van der Waals surface area contributed by atoms with E-state index in [-0.39, 0.29) is 0 Å². The van der Waals surface area contributed by atoms with Gasteiger partial charge in [0.1, 0.15) is 0 Å². The summed E-state index contributed by atoms with van der Waals surface area (Å²) in [5, 5.41) is 3.50. The minimum absolute atomic E-state index is 0.579. The molecule has 0 aromatic heterocycles. The number of nitrogens with two attached hydrogens (primary N) is 1. The fourth-order valence-electron chi connectivity index (χ4n) is 1.91. The van der Waals surface area contributed by atoms with Gasteiger partial charge in [0.15, 0.2) is 0 Å². The summed E-state index contributed by atoms with van der Waals surface area (Å²) in [5.74, 6) is 1.25. The van der Waals surface area contributed by atoms with Crippen molar-refractivity contribution in [2.75, 3.05) is 23.3 Å². The molecule has 0 amide bonds. The third-order valence-corrected chi connectivity index (χ3v) is 4.60. The molecule has 1 spiro atoms. The number of para-hydroxylation sites is 1. The van der Waals surface area contributed by atoms with Crippen molar-refractivity contribution in [3.8, 4) is 0 Å². The van der Waals surface area contributed by atoms with Crippen LogP contribution in [0.1, 0.15) is 12.8 Å². The molecular weight excluding hydrogens is 192 g/mol. The van der Waals surface area contributed by atoms with Crippen LogP contribution in [0.4, 0.5) is 11.4 Å². The van der Waals surface area contributed by atoms with Crippen molar-refractivity contribution in [2.24, 2.45) is 5.41 Å². The second-order valence-corrected chi connectivity index (χ2v) is 5.38. The van der Waals surface area contributed by atoms with Crippen molar-refractivity contribution in [2.45, 2.75) is 17.7 Å². The molecule has 3 heteroatoms. The molecule has 14 heavy (non-hydrogen) atoms. The Labute approximate surface area is 88.3 Å². The summed E-state index contributed by atoms with van der Waals surface area (Å²) in [7, 11) is 0. The van der Waals surface area contributed by atoms with Crippen LogP contribution in [0.3, 0.4) is 0 Å². The highest BCUT2D eigenvalue weighted by atomic mass is 32.2. The predicted octanol–water partition coefficient (Wildman–Crippen LogP) is 2.57. The van der Waals surface area contributed by atoms with Crippen molar-refractivity contribution in [1.82, 2.24) is 0 Å². The van der Waals surface area contributed by atoms with Gasteiger partial charge in [0.2, 0.25) is 0 Å². The van der Waals surface area contributed by atoms with Crippen LogP contribution in [0.5, 0.6) is 0 Å². The molecule has 0 bridgehead atoms. The van der Waals surface area contributed by atoms with Crippen LogP contribution >= 0.6 is 11.8 Å². The standard InChI is InChI=1S/C11H14N2S/c12-8-2-1-3-9-10(8)13-6-11(4-5-11)7-14-9/h1-3,13H,4-7,12H2. The van der Waals surface area contributed by atoms with Crippen LogP contribution in [0, 0.1) is 5.41 Å². The molecule has 1 aromatic rings. The van der Waals surface area contributed by atoms with Crippen LogP contribution in [0.25, 0.3) is 0 Å². The van der Waals surface area contributed by atoms with E-state index in [1.165, 1.54) is 23.5 Å². The molecule has 1 aromatic carbocycles. The number of anilines is 2. The smallest absolute Gasteiger partial charge is 0.0712 e. The lowest BCUT2D eigenvalue weighted by Crippen LogP contribution is -2.15. The van der Waals surface area contributed by atoms with Gasteiger partial charge in [-0.05, 0) is 30.4 Å². The van der Waals surface area contributed by atoms with Crippen LogP contribution in [-0.2, 0) is 0 Å². The molecule has 1 fully saturated rings. The summed E-state index contributed by atoms with van der Waals surface area (Å²) < 4.78 is 0. The summed E-state index contributed by atoms with van der Waals surface area (Å²) in [6.45, 7) is 1.10. The first-order chi connectivity index (χ1) is 6.79. The van der Waals surface area contributed by atoms with Gasteiger partial charge in [-0.25, -0.2) is 0 Å². The lowest BCUT2D eigenvalue weighted by Gasteiger charge is -2.11. The molecule has 0 radical (unpaired) electrons. The van der Waals surface area contributed by atoms with E-state index < -0.39 is 0 Å². The first-order valence-electron chi connectivity index (χ1n) is 5.04. The number of benzene rings is 1.